The van der Waals surface area contributed by atoms with Gasteiger partial charge in [-0.2, -0.15) is 5.10 Å². The quantitative estimate of drug-likeness (QED) is 0.326. The molecule has 15 heavy (non-hydrogen) atoms. The van der Waals surface area contributed by atoms with Crippen LogP contribution in [0, 0.1) is 0 Å². The third-order valence-electron chi connectivity index (χ3n) is 1.58. The van der Waals surface area contributed by atoms with Gasteiger partial charge in [-0.1, -0.05) is 0 Å². The first-order chi connectivity index (χ1) is 7.08. The number of hydrogen-bond donors (Lipinski definition) is 0. The van der Waals surface area contributed by atoms with Crippen molar-refractivity contribution >= 4 is 12.2 Å². The predicted molar refractivity (Wildman–Crippen MR) is 59.0 cm³/mol. The standard InChI is InChI=1S/C11H14N2O2/c1-9(14)15-11-6-4-10(5-7-11)8-12-13(2)3/h4-8H,1-3H3/b12-8-. The molecule has 0 saturated carbocycles. The van der Waals surface area contributed by atoms with Crippen molar-refractivity contribution in [3.63, 3.8) is 0 Å². The largest absolute Gasteiger partial charge is 0.427 e. The van der Waals surface area contributed by atoms with Gasteiger partial charge in [0.1, 0.15) is 5.75 Å². The average Bonchev–Trinajstić information content (AvgIpc) is 2.16. The normalized spacial score (nSPS) is 10.3. The molecule has 1 rings (SSSR count). The van der Waals surface area contributed by atoms with Crippen LogP contribution in [0.2, 0.25) is 0 Å². The number of nitrogens with zero attached hydrogens (tertiary/aromatic N) is 2. The molecule has 0 N–H and O–H groups in total. The zero-order valence-corrected chi connectivity index (χ0v) is 9.10. The summed E-state index contributed by atoms with van der Waals surface area (Å²) in [6, 6.07) is 7.15. The van der Waals surface area contributed by atoms with E-state index in [1.807, 2.05) is 26.2 Å². The summed E-state index contributed by atoms with van der Waals surface area (Å²) in [4.78, 5) is 10.7. The number of hydrazone groups is 1. The van der Waals surface area contributed by atoms with Gasteiger partial charge in [0.05, 0.1) is 6.21 Å². The van der Waals surface area contributed by atoms with Gasteiger partial charge in [-0.3, -0.25) is 4.79 Å². The average molecular weight is 206 g/mol. The Hall–Kier alpha value is -1.84. The zero-order chi connectivity index (χ0) is 11.3. The number of carbonyl (C=O) groups excluding carboxylic acids is 1. The summed E-state index contributed by atoms with van der Waals surface area (Å²) >= 11 is 0. The SMILES string of the molecule is CC(=O)Oc1ccc(/C=N\N(C)C)cc1. The van der Waals surface area contributed by atoms with Gasteiger partial charge >= 0.3 is 5.97 Å². The van der Waals surface area contributed by atoms with Crippen molar-refractivity contribution in [1.82, 2.24) is 5.01 Å². The molecule has 0 saturated heterocycles. The number of rotatable bonds is 3. The van der Waals surface area contributed by atoms with Gasteiger partial charge in [0, 0.05) is 21.0 Å². The van der Waals surface area contributed by atoms with Crippen LogP contribution in [0.25, 0.3) is 0 Å². The maximum atomic E-state index is 10.7. The minimum atomic E-state index is -0.315. The van der Waals surface area contributed by atoms with Gasteiger partial charge in [-0.15, -0.1) is 0 Å². The number of benzene rings is 1. The lowest BCUT2D eigenvalue weighted by atomic mass is 10.2. The second kappa shape index (κ2) is 5.14. The highest BCUT2D eigenvalue weighted by molar-refractivity contribution is 5.79. The lowest BCUT2D eigenvalue weighted by Crippen LogP contribution is -2.02. The minimum Gasteiger partial charge on any atom is -0.427 e. The smallest absolute Gasteiger partial charge is 0.308 e. The topological polar surface area (TPSA) is 41.9 Å². The van der Waals surface area contributed by atoms with E-state index in [1.54, 1.807) is 23.4 Å². The highest BCUT2D eigenvalue weighted by Crippen LogP contribution is 2.11. The molecule has 4 heteroatoms. The molecule has 80 valence electrons. The van der Waals surface area contributed by atoms with Gasteiger partial charge in [0.15, 0.2) is 0 Å². The first-order valence-corrected chi connectivity index (χ1v) is 4.58. The Balaban J connectivity index is 2.68. The first-order valence-electron chi connectivity index (χ1n) is 4.58. The van der Waals surface area contributed by atoms with E-state index in [0.717, 1.165) is 5.56 Å². The summed E-state index contributed by atoms with van der Waals surface area (Å²) in [5, 5.41) is 5.79. The highest BCUT2D eigenvalue weighted by atomic mass is 16.5. The molecule has 0 amide bonds. The maximum absolute atomic E-state index is 10.7. The molecule has 0 aliphatic carbocycles. The molecule has 1 aromatic carbocycles. The van der Waals surface area contributed by atoms with E-state index in [0.29, 0.717) is 5.75 Å². The summed E-state index contributed by atoms with van der Waals surface area (Å²) in [5.41, 5.74) is 0.958. The Bertz CT molecular complexity index is 355. The molecule has 0 aliphatic rings. The van der Waals surface area contributed by atoms with E-state index in [9.17, 15) is 4.79 Å². The van der Waals surface area contributed by atoms with Gasteiger partial charge in [-0.25, -0.2) is 0 Å². The highest BCUT2D eigenvalue weighted by Gasteiger charge is 1.96. The lowest BCUT2D eigenvalue weighted by molar-refractivity contribution is -0.131. The van der Waals surface area contributed by atoms with E-state index in [1.165, 1.54) is 6.92 Å². The Morgan fingerprint density at radius 3 is 2.40 bits per heavy atom. The van der Waals surface area contributed by atoms with Crippen LogP contribution in [0.3, 0.4) is 0 Å². The Kier molecular flexibility index (Phi) is 3.85. The maximum Gasteiger partial charge on any atom is 0.308 e. The predicted octanol–water partition coefficient (Wildman–Crippen LogP) is 1.51. The molecule has 0 heterocycles. The van der Waals surface area contributed by atoms with E-state index in [-0.39, 0.29) is 5.97 Å². The zero-order valence-electron chi connectivity index (χ0n) is 9.10. The number of esters is 1. The number of ether oxygens (including phenoxy) is 1. The van der Waals surface area contributed by atoms with Gasteiger partial charge in [0.25, 0.3) is 0 Å². The van der Waals surface area contributed by atoms with Gasteiger partial charge in [-0.05, 0) is 29.8 Å². The molecular formula is C11H14N2O2. The lowest BCUT2D eigenvalue weighted by Gasteiger charge is -2.03. The molecule has 4 nitrogen and oxygen atoms in total. The Morgan fingerprint density at radius 2 is 1.93 bits per heavy atom. The number of carbonyl (C=O) groups is 1. The molecule has 0 atom stereocenters. The van der Waals surface area contributed by atoms with Crippen LogP contribution in [0.5, 0.6) is 5.75 Å². The van der Waals surface area contributed by atoms with Crippen molar-refractivity contribution in [2.75, 3.05) is 14.1 Å². The van der Waals surface area contributed by atoms with Gasteiger partial charge in [0.2, 0.25) is 0 Å². The molecule has 0 aliphatic heterocycles. The van der Waals surface area contributed by atoms with Crippen LogP contribution in [0.4, 0.5) is 0 Å². The van der Waals surface area contributed by atoms with Crippen molar-refractivity contribution in [3.05, 3.63) is 29.8 Å². The third kappa shape index (κ3) is 4.26. The number of hydrogen-bond acceptors (Lipinski definition) is 4. The third-order valence-corrected chi connectivity index (χ3v) is 1.58. The summed E-state index contributed by atoms with van der Waals surface area (Å²) in [6.07, 6.45) is 1.73. The molecule has 0 spiro atoms. The van der Waals surface area contributed by atoms with E-state index in [4.69, 9.17) is 4.74 Å². The fourth-order valence-corrected chi connectivity index (χ4v) is 0.970. The van der Waals surface area contributed by atoms with Crippen LogP contribution < -0.4 is 4.74 Å². The molecule has 0 radical (unpaired) electrons. The van der Waals surface area contributed by atoms with E-state index < -0.39 is 0 Å². The van der Waals surface area contributed by atoms with Crippen molar-refractivity contribution < 1.29 is 9.53 Å². The molecule has 0 unspecified atom stereocenters. The summed E-state index contributed by atoms with van der Waals surface area (Å²) in [6.45, 7) is 1.38. The van der Waals surface area contributed by atoms with Crippen LogP contribution in [-0.2, 0) is 4.79 Å². The minimum absolute atomic E-state index is 0.315. The molecule has 0 aromatic heterocycles. The first kappa shape index (κ1) is 11.2. The van der Waals surface area contributed by atoms with Gasteiger partial charge < -0.3 is 9.75 Å². The summed E-state index contributed by atoms with van der Waals surface area (Å²) < 4.78 is 4.90. The van der Waals surface area contributed by atoms with Crippen LogP contribution >= 0.6 is 0 Å². The van der Waals surface area contributed by atoms with Crippen molar-refractivity contribution in [2.24, 2.45) is 5.10 Å². The molecular weight excluding hydrogens is 192 g/mol. The van der Waals surface area contributed by atoms with Crippen LogP contribution in [-0.4, -0.2) is 31.3 Å². The fourth-order valence-electron chi connectivity index (χ4n) is 0.970. The second-order valence-corrected chi connectivity index (χ2v) is 3.25. The Labute approximate surface area is 89.2 Å². The molecule has 1 aromatic rings. The van der Waals surface area contributed by atoms with E-state index in [2.05, 4.69) is 5.10 Å². The fraction of sp³-hybridized carbons (Fsp3) is 0.273. The molecule has 0 fully saturated rings. The molecule has 0 bridgehead atoms. The van der Waals surface area contributed by atoms with E-state index >= 15 is 0 Å². The Morgan fingerprint density at radius 1 is 1.33 bits per heavy atom. The second-order valence-electron chi connectivity index (χ2n) is 3.25. The van der Waals surface area contributed by atoms with Crippen molar-refractivity contribution in [1.29, 1.82) is 0 Å². The van der Waals surface area contributed by atoms with Crippen LogP contribution in [0.15, 0.2) is 29.4 Å². The van der Waals surface area contributed by atoms with Crippen LogP contribution in [0.1, 0.15) is 12.5 Å². The summed E-state index contributed by atoms with van der Waals surface area (Å²) in [7, 11) is 3.70. The van der Waals surface area contributed by atoms with Crippen molar-refractivity contribution in [3.8, 4) is 5.75 Å². The van der Waals surface area contributed by atoms with Crippen molar-refractivity contribution in [2.45, 2.75) is 6.92 Å². The summed E-state index contributed by atoms with van der Waals surface area (Å²) in [5.74, 6) is 0.231. The monoisotopic (exact) mass is 206 g/mol.